The summed E-state index contributed by atoms with van der Waals surface area (Å²) in [6.07, 6.45) is 2.10. The number of hydrogen-bond donors (Lipinski definition) is 1. The molecule has 1 saturated carbocycles. The summed E-state index contributed by atoms with van der Waals surface area (Å²) >= 11 is 3.09. The number of carbonyl (C=O) groups excluding carboxylic acids is 1. The fourth-order valence-corrected chi connectivity index (χ4v) is 1.97. The van der Waals surface area contributed by atoms with Gasteiger partial charge in [0, 0.05) is 6.54 Å². The Bertz CT molecular complexity index is 437. The summed E-state index contributed by atoms with van der Waals surface area (Å²) in [5.41, 5.74) is 0.760. The minimum Gasteiger partial charge on any atom is -0.371 e. The summed E-state index contributed by atoms with van der Waals surface area (Å²) in [5.74, 6) is 0.240. The van der Waals surface area contributed by atoms with Crippen molar-refractivity contribution in [3.05, 3.63) is 35.6 Å². The molecule has 5 heteroatoms. The average molecular weight is 330 g/mol. The molecule has 0 radical (unpaired) electrons. The molecular weight excluding hydrogens is 313 g/mol. The predicted molar refractivity (Wildman–Crippen MR) is 74.6 cm³/mol. The Labute approximate surface area is 120 Å². The zero-order valence-electron chi connectivity index (χ0n) is 10.6. The van der Waals surface area contributed by atoms with E-state index in [0.29, 0.717) is 19.1 Å². The van der Waals surface area contributed by atoms with Gasteiger partial charge in [0.25, 0.3) is 0 Å². The highest BCUT2D eigenvalue weighted by Crippen LogP contribution is 2.31. The van der Waals surface area contributed by atoms with Crippen molar-refractivity contribution in [2.45, 2.75) is 18.9 Å². The fraction of sp³-hybridized carbons (Fsp3) is 0.500. The van der Waals surface area contributed by atoms with Crippen LogP contribution in [0.4, 0.5) is 4.39 Å². The molecule has 1 aromatic carbocycles. The van der Waals surface area contributed by atoms with E-state index in [1.807, 2.05) is 6.07 Å². The molecule has 1 atom stereocenters. The molecule has 1 N–H and O–H groups in total. The zero-order valence-corrected chi connectivity index (χ0v) is 12.2. The molecule has 0 aromatic heterocycles. The van der Waals surface area contributed by atoms with Crippen LogP contribution in [0.1, 0.15) is 24.5 Å². The number of amides is 1. The first-order chi connectivity index (χ1) is 9.19. The van der Waals surface area contributed by atoms with Gasteiger partial charge in [-0.1, -0.05) is 28.1 Å². The zero-order chi connectivity index (χ0) is 13.7. The SMILES string of the molecule is O=C(CBr)NCC(OCC1CC1)c1cccc(F)c1. The third kappa shape index (κ3) is 4.91. The molecule has 104 valence electrons. The summed E-state index contributed by atoms with van der Waals surface area (Å²) in [6, 6.07) is 6.34. The van der Waals surface area contributed by atoms with Crippen molar-refractivity contribution in [3.8, 4) is 0 Å². The molecule has 0 spiro atoms. The quantitative estimate of drug-likeness (QED) is 0.781. The van der Waals surface area contributed by atoms with Crippen LogP contribution in [0.15, 0.2) is 24.3 Å². The summed E-state index contributed by atoms with van der Waals surface area (Å²) in [6.45, 7) is 1.03. The number of carbonyl (C=O) groups is 1. The van der Waals surface area contributed by atoms with Gasteiger partial charge in [-0.05, 0) is 36.5 Å². The Kier molecular flexibility index (Phi) is 5.34. The van der Waals surface area contributed by atoms with Crippen LogP contribution in [0.3, 0.4) is 0 Å². The van der Waals surface area contributed by atoms with Crippen LogP contribution < -0.4 is 5.32 Å². The van der Waals surface area contributed by atoms with Crippen LogP contribution in [0, 0.1) is 11.7 Å². The van der Waals surface area contributed by atoms with E-state index in [9.17, 15) is 9.18 Å². The van der Waals surface area contributed by atoms with Gasteiger partial charge in [0.15, 0.2) is 0 Å². The number of rotatable bonds is 7. The molecule has 2 rings (SSSR count). The van der Waals surface area contributed by atoms with Gasteiger partial charge in [-0.3, -0.25) is 4.79 Å². The largest absolute Gasteiger partial charge is 0.371 e. The molecule has 3 nitrogen and oxygen atoms in total. The van der Waals surface area contributed by atoms with Gasteiger partial charge in [-0.15, -0.1) is 0 Å². The van der Waals surface area contributed by atoms with E-state index < -0.39 is 0 Å². The number of nitrogens with one attached hydrogen (secondary N) is 1. The Morgan fingerprint density at radius 1 is 1.53 bits per heavy atom. The standard InChI is InChI=1S/C14H17BrFNO2/c15-7-14(18)17-8-13(19-9-10-4-5-10)11-2-1-3-12(16)6-11/h1-3,6,10,13H,4-5,7-9H2,(H,17,18). The van der Waals surface area contributed by atoms with Crippen LogP contribution >= 0.6 is 15.9 Å². The summed E-state index contributed by atoms with van der Waals surface area (Å²) in [7, 11) is 0. The van der Waals surface area contributed by atoms with E-state index in [0.717, 1.165) is 5.56 Å². The van der Waals surface area contributed by atoms with E-state index in [-0.39, 0.29) is 23.2 Å². The molecule has 1 fully saturated rings. The first-order valence-electron chi connectivity index (χ1n) is 6.38. The maximum Gasteiger partial charge on any atom is 0.230 e. The van der Waals surface area contributed by atoms with Gasteiger partial charge < -0.3 is 10.1 Å². The van der Waals surface area contributed by atoms with Gasteiger partial charge >= 0.3 is 0 Å². The highest BCUT2D eigenvalue weighted by atomic mass is 79.9. The third-order valence-electron chi connectivity index (χ3n) is 3.06. The molecule has 1 amide bonds. The molecule has 0 bridgehead atoms. The van der Waals surface area contributed by atoms with Crippen molar-refractivity contribution >= 4 is 21.8 Å². The molecule has 1 aliphatic carbocycles. The average Bonchev–Trinajstić information content (AvgIpc) is 3.22. The maximum absolute atomic E-state index is 13.3. The molecule has 0 heterocycles. The molecule has 1 unspecified atom stereocenters. The number of alkyl halides is 1. The number of benzene rings is 1. The van der Waals surface area contributed by atoms with Crippen molar-refractivity contribution in [2.75, 3.05) is 18.5 Å². The second kappa shape index (κ2) is 7.01. The normalized spacial score (nSPS) is 16.1. The van der Waals surface area contributed by atoms with Crippen molar-refractivity contribution in [3.63, 3.8) is 0 Å². The van der Waals surface area contributed by atoms with E-state index in [4.69, 9.17) is 4.74 Å². The van der Waals surface area contributed by atoms with Gasteiger partial charge in [0.2, 0.25) is 5.91 Å². The fourth-order valence-electron chi connectivity index (χ4n) is 1.77. The lowest BCUT2D eigenvalue weighted by molar-refractivity contribution is -0.119. The lowest BCUT2D eigenvalue weighted by Crippen LogP contribution is -2.30. The van der Waals surface area contributed by atoms with Crippen molar-refractivity contribution in [1.29, 1.82) is 0 Å². The summed E-state index contributed by atoms with van der Waals surface area (Å²) in [5, 5.41) is 3.02. The predicted octanol–water partition coefficient (Wildman–Crippen LogP) is 2.80. The van der Waals surface area contributed by atoms with Crippen molar-refractivity contribution in [1.82, 2.24) is 5.32 Å². The lowest BCUT2D eigenvalue weighted by Gasteiger charge is -2.19. The second-order valence-electron chi connectivity index (χ2n) is 4.76. The molecule has 0 aliphatic heterocycles. The molecule has 0 saturated heterocycles. The lowest BCUT2D eigenvalue weighted by atomic mass is 10.1. The van der Waals surface area contributed by atoms with E-state index in [1.54, 1.807) is 6.07 Å². The van der Waals surface area contributed by atoms with Crippen LogP contribution in [0.25, 0.3) is 0 Å². The van der Waals surface area contributed by atoms with Gasteiger partial charge in [-0.25, -0.2) is 4.39 Å². The number of ether oxygens (including phenoxy) is 1. The first-order valence-corrected chi connectivity index (χ1v) is 7.51. The Morgan fingerprint density at radius 2 is 2.32 bits per heavy atom. The van der Waals surface area contributed by atoms with Gasteiger partial charge in [-0.2, -0.15) is 0 Å². The van der Waals surface area contributed by atoms with Crippen molar-refractivity contribution in [2.24, 2.45) is 5.92 Å². The topological polar surface area (TPSA) is 38.3 Å². The Hall–Kier alpha value is -0.940. The van der Waals surface area contributed by atoms with Crippen LogP contribution in [-0.4, -0.2) is 24.4 Å². The maximum atomic E-state index is 13.3. The Balaban J connectivity index is 1.97. The molecular formula is C14H17BrFNO2. The van der Waals surface area contributed by atoms with E-state index in [1.165, 1.54) is 25.0 Å². The number of halogens is 2. The molecule has 1 aromatic rings. The highest BCUT2D eigenvalue weighted by molar-refractivity contribution is 9.09. The van der Waals surface area contributed by atoms with E-state index in [2.05, 4.69) is 21.2 Å². The first kappa shape index (κ1) is 14.5. The highest BCUT2D eigenvalue weighted by Gasteiger charge is 2.24. The van der Waals surface area contributed by atoms with E-state index >= 15 is 0 Å². The minimum absolute atomic E-state index is 0.101. The summed E-state index contributed by atoms with van der Waals surface area (Å²) < 4.78 is 19.1. The smallest absolute Gasteiger partial charge is 0.230 e. The Morgan fingerprint density at radius 3 is 2.95 bits per heavy atom. The van der Waals surface area contributed by atoms with Crippen molar-refractivity contribution < 1.29 is 13.9 Å². The molecule has 1 aliphatic rings. The molecule has 19 heavy (non-hydrogen) atoms. The minimum atomic E-state index is -0.292. The van der Waals surface area contributed by atoms with Gasteiger partial charge in [0.05, 0.1) is 18.0 Å². The second-order valence-corrected chi connectivity index (χ2v) is 5.32. The van der Waals surface area contributed by atoms with Crippen LogP contribution in [-0.2, 0) is 9.53 Å². The van der Waals surface area contributed by atoms with Gasteiger partial charge in [0.1, 0.15) is 5.82 Å². The number of hydrogen-bond acceptors (Lipinski definition) is 2. The van der Waals surface area contributed by atoms with Crippen LogP contribution in [0.2, 0.25) is 0 Å². The monoisotopic (exact) mass is 329 g/mol. The van der Waals surface area contributed by atoms with Crippen LogP contribution in [0.5, 0.6) is 0 Å². The summed E-state index contributed by atoms with van der Waals surface area (Å²) in [4.78, 5) is 11.3. The third-order valence-corrected chi connectivity index (χ3v) is 3.57.